The molecule has 1 atom stereocenters. The number of carboxylic acids is 1. The van der Waals surface area contributed by atoms with Gasteiger partial charge in [0.2, 0.25) is 0 Å². The molecular formula is C11H11N3O2S2. The third kappa shape index (κ3) is 1.93. The number of aliphatic carboxylic acids is 1. The molecule has 1 aliphatic rings. The summed E-state index contributed by atoms with van der Waals surface area (Å²) in [5.74, 6) is 1.50. The van der Waals surface area contributed by atoms with Gasteiger partial charge in [0.15, 0.2) is 5.82 Å². The highest BCUT2D eigenvalue weighted by Gasteiger charge is 2.31. The van der Waals surface area contributed by atoms with E-state index >= 15 is 0 Å². The van der Waals surface area contributed by atoms with Gasteiger partial charge in [-0.05, 0) is 11.4 Å². The lowest BCUT2D eigenvalue weighted by molar-refractivity contribution is -0.138. The van der Waals surface area contributed by atoms with E-state index < -0.39 is 12.0 Å². The Bertz CT molecular complexity index is 586. The van der Waals surface area contributed by atoms with Crippen molar-refractivity contribution in [2.24, 2.45) is 0 Å². The summed E-state index contributed by atoms with van der Waals surface area (Å²) in [5, 5.41) is 11.3. The van der Waals surface area contributed by atoms with Crippen LogP contribution in [0.3, 0.4) is 0 Å². The maximum absolute atomic E-state index is 11.3. The zero-order chi connectivity index (χ0) is 12.5. The number of thioether (sulfide) groups is 1. The van der Waals surface area contributed by atoms with Crippen molar-refractivity contribution in [3.63, 3.8) is 0 Å². The number of hydrogen-bond donors (Lipinski definition) is 1. The van der Waals surface area contributed by atoms with Crippen LogP contribution in [-0.2, 0) is 4.79 Å². The van der Waals surface area contributed by atoms with Crippen molar-refractivity contribution in [2.75, 3.05) is 23.0 Å². The van der Waals surface area contributed by atoms with E-state index in [9.17, 15) is 9.90 Å². The van der Waals surface area contributed by atoms with Gasteiger partial charge in [0.05, 0.1) is 10.2 Å². The number of hydrogen-bond acceptors (Lipinski definition) is 6. The first-order valence-corrected chi connectivity index (χ1v) is 7.56. The molecule has 0 spiro atoms. The Morgan fingerprint density at radius 1 is 1.50 bits per heavy atom. The summed E-state index contributed by atoms with van der Waals surface area (Å²) in [5.41, 5.74) is 0.882. The van der Waals surface area contributed by atoms with Gasteiger partial charge >= 0.3 is 5.97 Å². The van der Waals surface area contributed by atoms with Gasteiger partial charge in [0, 0.05) is 18.1 Å². The highest BCUT2D eigenvalue weighted by atomic mass is 32.2. The lowest BCUT2D eigenvalue weighted by Gasteiger charge is -2.33. The van der Waals surface area contributed by atoms with Crippen LogP contribution in [0.15, 0.2) is 17.8 Å². The summed E-state index contributed by atoms with van der Waals surface area (Å²) < 4.78 is 0.968. The van der Waals surface area contributed by atoms with Crippen molar-refractivity contribution in [3.8, 4) is 0 Å². The molecule has 1 fully saturated rings. The van der Waals surface area contributed by atoms with E-state index in [0.717, 1.165) is 21.8 Å². The highest BCUT2D eigenvalue weighted by Crippen LogP contribution is 2.31. The van der Waals surface area contributed by atoms with Crippen LogP contribution >= 0.6 is 23.1 Å². The van der Waals surface area contributed by atoms with Crippen molar-refractivity contribution < 1.29 is 9.90 Å². The van der Waals surface area contributed by atoms with E-state index in [1.165, 1.54) is 6.33 Å². The van der Waals surface area contributed by atoms with Crippen LogP contribution < -0.4 is 4.90 Å². The Morgan fingerprint density at radius 3 is 3.22 bits per heavy atom. The summed E-state index contributed by atoms with van der Waals surface area (Å²) in [6, 6.07) is 1.43. The van der Waals surface area contributed by atoms with E-state index in [0.29, 0.717) is 12.3 Å². The molecule has 1 N–H and O–H groups in total. The fourth-order valence-corrected chi connectivity index (χ4v) is 3.93. The van der Waals surface area contributed by atoms with Crippen molar-refractivity contribution in [2.45, 2.75) is 6.04 Å². The number of fused-ring (bicyclic) bond motifs is 1. The first-order valence-electron chi connectivity index (χ1n) is 5.53. The number of carbonyl (C=O) groups is 1. The molecule has 0 amide bonds. The second-order valence-corrected chi connectivity index (χ2v) is 6.02. The molecule has 2 aromatic heterocycles. The first-order chi connectivity index (χ1) is 8.77. The van der Waals surface area contributed by atoms with Gasteiger partial charge < -0.3 is 10.0 Å². The van der Waals surface area contributed by atoms with Crippen LogP contribution in [0, 0.1) is 0 Å². The van der Waals surface area contributed by atoms with Gasteiger partial charge in [-0.25, -0.2) is 14.8 Å². The molecule has 2 aromatic rings. The minimum Gasteiger partial charge on any atom is -0.480 e. The van der Waals surface area contributed by atoms with Crippen LogP contribution in [0.1, 0.15) is 0 Å². The van der Waals surface area contributed by atoms with E-state index in [1.807, 2.05) is 16.3 Å². The monoisotopic (exact) mass is 281 g/mol. The Balaban J connectivity index is 2.06. The normalized spacial score (nSPS) is 20.2. The molecule has 0 bridgehead atoms. The average molecular weight is 281 g/mol. The van der Waals surface area contributed by atoms with E-state index in [4.69, 9.17) is 0 Å². The third-order valence-corrected chi connectivity index (χ3v) is 4.83. The maximum atomic E-state index is 11.3. The Hall–Kier alpha value is -1.34. The molecule has 1 unspecified atom stereocenters. The lowest BCUT2D eigenvalue weighted by Crippen LogP contribution is -2.47. The first kappa shape index (κ1) is 11.7. The van der Waals surface area contributed by atoms with Crippen molar-refractivity contribution in [3.05, 3.63) is 17.8 Å². The zero-order valence-corrected chi connectivity index (χ0v) is 11.1. The molecule has 0 radical (unpaired) electrons. The molecule has 3 rings (SSSR count). The summed E-state index contributed by atoms with van der Waals surface area (Å²) in [4.78, 5) is 21.7. The molecule has 3 heterocycles. The molecule has 18 heavy (non-hydrogen) atoms. The predicted octanol–water partition coefficient (Wildman–Crippen LogP) is 1.70. The van der Waals surface area contributed by atoms with Crippen LogP contribution in [0.5, 0.6) is 0 Å². The SMILES string of the molecule is O=C(O)C1CSCCN1c1ncnc2ccsc12. The van der Waals surface area contributed by atoms with Crippen LogP contribution in [0.2, 0.25) is 0 Å². The molecule has 1 saturated heterocycles. The number of thiophene rings is 1. The van der Waals surface area contributed by atoms with Crippen LogP contribution in [0.25, 0.3) is 10.2 Å². The Kier molecular flexibility index (Phi) is 3.09. The fraction of sp³-hybridized carbons (Fsp3) is 0.364. The number of nitrogens with zero attached hydrogens (tertiary/aromatic N) is 3. The number of aromatic nitrogens is 2. The standard InChI is InChI=1S/C11H11N3O2S2/c15-11(16)8-5-17-4-2-14(8)10-9-7(1-3-18-9)12-6-13-10/h1,3,6,8H,2,4-5H2,(H,15,16). The van der Waals surface area contributed by atoms with Gasteiger partial charge in [0.25, 0.3) is 0 Å². The van der Waals surface area contributed by atoms with Gasteiger partial charge in [-0.15, -0.1) is 11.3 Å². The van der Waals surface area contributed by atoms with E-state index in [1.54, 1.807) is 23.1 Å². The Morgan fingerprint density at radius 2 is 2.39 bits per heavy atom. The predicted molar refractivity (Wildman–Crippen MR) is 73.5 cm³/mol. The number of anilines is 1. The van der Waals surface area contributed by atoms with Gasteiger partial charge in [-0.2, -0.15) is 11.8 Å². The fourth-order valence-electron chi connectivity index (χ4n) is 2.04. The number of carboxylic acid groups (broad SMARTS) is 1. The van der Waals surface area contributed by atoms with Gasteiger partial charge in [0.1, 0.15) is 12.4 Å². The van der Waals surface area contributed by atoms with E-state index in [2.05, 4.69) is 9.97 Å². The quantitative estimate of drug-likeness (QED) is 0.903. The molecule has 0 aliphatic carbocycles. The minimum absolute atomic E-state index is 0.496. The molecular weight excluding hydrogens is 270 g/mol. The van der Waals surface area contributed by atoms with Crippen molar-refractivity contribution in [1.82, 2.24) is 9.97 Å². The molecule has 1 aliphatic heterocycles. The van der Waals surface area contributed by atoms with Crippen molar-refractivity contribution >= 4 is 45.1 Å². The summed E-state index contributed by atoms with van der Waals surface area (Å²) in [6.07, 6.45) is 1.51. The van der Waals surface area contributed by atoms with Gasteiger partial charge in [-0.3, -0.25) is 0 Å². The highest BCUT2D eigenvalue weighted by molar-refractivity contribution is 7.99. The Labute approximate surface area is 112 Å². The minimum atomic E-state index is -0.787. The largest absolute Gasteiger partial charge is 0.480 e. The van der Waals surface area contributed by atoms with Gasteiger partial charge in [-0.1, -0.05) is 0 Å². The molecule has 7 heteroatoms. The topological polar surface area (TPSA) is 66.3 Å². The summed E-state index contributed by atoms with van der Waals surface area (Å²) in [6.45, 7) is 0.714. The third-order valence-electron chi connectivity index (χ3n) is 2.91. The molecule has 0 aromatic carbocycles. The van der Waals surface area contributed by atoms with Crippen LogP contribution in [-0.4, -0.2) is 45.1 Å². The lowest BCUT2D eigenvalue weighted by atomic mass is 10.2. The second-order valence-electron chi connectivity index (χ2n) is 3.95. The maximum Gasteiger partial charge on any atom is 0.327 e. The molecule has 94 valence electrons. The van der Waals surface area contributed by atoms with E-state index in [-0.39, 0.29) is 0 Å². The summed E-state index contributed by atoms with van der Waals surface area (Å²) in [7, 11) is 0. The molecule has 5 nitrogen and oxygen atoms in total. The van der Waals surface area contributed by atoms with Crippen molar-refractivity contribution in [1.29, 1.82) is 0 Å². The second kappa shape index (κ2) is 4.74. The smallest absolute Gasteiger partial charge is 0.327 e. The molecule has 0 saturated carbocycles. The van der Waals surface area contributed by atoms with Crippen LogP contribution in [0.4, 0.5) is 5.82 Å². The zero-order valence-electron chi connectivity index (χ0n) is 9.44. The average Bonchev–Trinajstić information content (AvgIpc) is 2.86. The summed E-state index contributed by atoms with van der Waals surface area (Å²) >= 11 is 3.23. The number of rotatable bonds is 2.